The predicted octanol–water partition coefficient (Wildman–Crippen LogP) is 26.8. The molecule has 20 nitrogen and oxygen atoms in total. The SMILES string of the molecule is Cc1ccc2c(n1)oc1c(N3C4CC(c5ccccc54)N(C)C3C)c(C)ccc12.Cc1ccc2c(n1)oc1c(N3C4CCC(CC4)N(C)C3C)c(C)ccc12.Cc1ccc2c(n1)oc1c(N3C4CCCN(CC4)C3C)c(C)ccc12.Cc1ccc2c(n1)oc1c(N3C4CCN(Cc5ccccc54)C3C)c(C)ccc12.Cc1ccc2c(n1)oc1c(N3C4CCN(c5ccccc5C4)C3C)c(C)ccc12. The molecule has 20 heteroatoms. The summed E-state index contributed by atoms with van der Waals surface area (Å²) in [5.74, 6) is 0. The van der Waals surface area contributed by atoms with E-state index >= 15 is 0 Å². The lowest BCUT2D eigenvalue weighted by Crippen LogP contribution is -2.56. The summed E-state index contributed by atoms with van der Waals surface area (Å²) in [5.41, 5.74) is 34.8. The number of rotatable bonds is 5. The number of fused-ring (bicyclic) bond motifs is 32. The van der Waals surface area contributed by atoms with Crippen molar-refractivity contribution in [1.29, 1.82) is 0 Å². The fraction of sp³-hybridized carbons (Fsp3) is 0.381. The van der Waals surface area contributed by atoms with Crippen LogP contribution in [0.15, 0.2) is 216 Å². The molecule has 0 amide bonds. The van der Waals surface area contributed by atoms with E-state index in [1.165, 1.54) is 159 Å². The maximum atomic E-state index is 6.41. The topological polar surface area (TPSA) is 163 Å². The molecule has 32 rings (SSSR count). The third-order valence-electron chi connectivity index (χ3n) is 33.5. The second-order valence-electron chi connectivity index (χ2n) is 41.5. The maximum Gasteiger partial charge on any atom is 0.227 e. The summed E-state index contributed by atoms with van der Waals surface area (Å²) in [6.45, 7) is 38.5. The van der Waals surface area contributed by atoms with Crippen LogP contribution in [0.4, 0.5) is 34.1 Å². The average Bonchev–Trinajstić information content (AvgIpc) is 1.49. The van der Waals surface area contributed by atoms with Crippen LogP contribution in [-0.2, 0) is 13.0 Å². The van der Waals surface area contributed by atoms with Crippen LogP contribution in [0.2, 0.25) is 0 Å². The first-order valence-corrected chi connectivity index (χ1v) is 50.8. The fourth-order valence-electron chi connectivity index (χ4n) is 26.2. The first kappa shape index (κ1) is 87.9. The molecule has 8 aromatic carbocycles. The molecule has 1 saturated carbocycles. The van der Waals surface area contributed by atoms with Crippen molar-refractivity contribution < 1.29 is 22.1 Å². The van der Waals surface area contributed by atoms with Crippen LogP contribution < -0.4 is 29.4 Å². The number of hydrogen-bond acceptors (Lipinski definition) is 20. The van der Waals surface area contributed by atoms with Crippen LogP contribution in [0, 0.1) is 69.2 Å². The molecule has 138 heavy (non-hydrogen) atoms. The minimum absolute atomic E-state index is 0.276. The first-order valence-electron chi connectivity index (χ1n) is 50.8. The van der Waals surface area contributed by atoms with Crippen LogP contribution in [0.25, 0.3) is 110 Å². The van der Waals surface area contributed by atoms with E-state index in [9.17, 15) is 0 Å². The van der Waals surface area contributed by atoms with Crippen molar-refractivity contribution in [1.82, 2.24) is 44.5 Å². The van der Waals surface area contributed by atoms with Gasteiger partial charge in [0.25, 0.3) is 0 Å². The zero-order valence-corrected chi connectivity index (χ0v) is 83.0. The van der Waals surface area contributed by atoms with Gasteiger partial charge in [0.05, 0.1) is 71.3 Å². The number of pyridine rings is 5. The summed E-state index contributed by atoms with van der Waals surface area (Å²) < 4.78 is 31.9. The lowest BCUT2D eigenvalue weighted by molar-refractivity contribution is 0.131. The molecule has 0 radical (unpaired) electrons. The minimum atomic E-state index is 0.276. The zero-order chi connectivity index (χ0) is 94.4. The van der Waals surface area contributed by atoms with Gasteiger partial charge in [-0.1, -0.05) is 127 Å². The lowest BCUT2D eigenvalue weighted by atomic mass is 9.91. The zero-order valence-electron chi connectivity index (χ0n) is 83.0. The van der Waals surface area contributed by atoms with Gasteiger partial charge in [-0.05, 0) is 311 Å². The first-order chi connectivity index (χ1) is 66.9. The second-order valence-corrected chi connectivity index (χ2v) is 41.5. The van der Waals surface area contributed by atoms with Gasteiger partial charge in [0.2, 0.25) is 28.6 Å². The van der Waals surface area contributed by atoms with Gasteiger partial charge in [0, 0.05) is 151 Å². The Bertz CT molecular complexity index is 7710. The molecule has 9 fully saturated rings. The van der Waals surface area contributed by atoms with E-state index in [1.807, 2.05) is 34.6 Å². The summed E-state index contributed by atoms with van der Waals surface area (Å²) in [5, 5.41) is 11.4. The summed E-state index contributed by atoms with van der Waals surface area (Å²) >= 11 is 0. The number of benzene rings is 8. The molecular weight excluding hydrogens is 1710 g/mol. The Morgan fingerprint density at radius 1 is 0.268 bits per heavy atom. The summed E-state index contributed by atoms with van der Waals surface area (Å²) in [6, 6.07) is 73.6. The molecule has 12 aliphatic heterocycles. The number of anilines is 6. The third kappa shape index (κ3) is 14.4. The Kier molecular flexibility index (Phi) is 21.9. The Labute approximate surface area is 808 Å². The van der Waals surface area contributed by atoms with E-state index in [1.54, 1.807) is 0 Å². The van der Waals surface area contributed by atoms with E-state index in [-0.39, 0.29) is 12.3 Å². The van der Waals surface area contributed by atoms with Crippen LogP contribution in [0.3, 0.4) is 0 Å². The average molecular weight is 1840 g/mol. The monoisotopic (exact) mass is 1830 g/mol. The second kappa shape index (κ2) is 34.3. The molecule has 14 aliphatic rings. The summed E-state index contributed by atoms with van der Waals surface area (Å²) in [4.78, 5) is 49.1. The van der Waals surface area contributed by atoms with Crippen LogP contribution >= 0.6 is 0 Å². The van der Waals surface area contributed by atoms with Gasteiger partial charge in [0.1, 0.15) is 0 Å². The molecule has 12 atom stereocenters. The van der Waals surface area contributed by atoms with Crippen molar-refractivity contribution in [3.8, 4) is 0 Å². The fourth-order valence-corrected chi connectivity index (χ4v) is 26.2. The van der Waals surface area contributed by atoms with Crippen molar-refractivity contribution in [3.63, 3.8) is 0 Å². The smallest absolute Gasteiger partial charge is 0.227 e. The number of aryl methyl sites for hydroxylation is 10. The standard InChI is InChI=1S/3C25H25N3O.C22H27N3O.C21H25N3O/c1-14-9-11-19-20-12-10-15(2)26-25(20)29-24(19)23(14)28-16(3)27(4)21-13-22(28)18-8-6-5-7-17(18)21;1-15-8-10-20-21-11-9-16(2)26-25(21)29-24(20)23(15)28-17(3)27-13-12-19(28)14-18-6-4-5-7-22(18)27;1-15-8-10-20-21-11-9-16(2)26-25(21)29-24(20)23(15)28-17(3)27-13-12-22(28)19-7-5-4-6-18(19)14-27;1-13-5-11-18-19-12-6-14(2)23-22(19)26-21(18)20(13)25-15(3)24(4)16-7-9-17(25)10-8-16;1-13-6-8-17-18-9-7-14(2)22-21(18)25-20(17)19(13)24-15(3)23-11-4-5-16(24)10-12-23/h5-12,16,21-22H,13H2,1-4H3;4-11,17,19H,12-14H2,1-3H3;4-11,17,22H,12-14H2,1-3H3;5-6,11-12,15-17H,7-10H2,1-4H3;6-9,15-16H,4-5,10-12H2,1-3H3. The normalized spacial score (nSPS) is 24.2. The van der Waals surface area contributed by atoms with Crippen molar-refractivity contribution in [3.05, 3.63) is 278 Å². The highest BCUT2D eigenvalue weighted by atomic mass is 16.4. The third-order valence-corrected chi connectivity index (χ3v) is 33.5. The van der Waals surface area contributed by atoms with E-state index in [0.717, 1.165) is 173 Å². The number of aromatic nitrogens is 5. The summed E-state index contributed by atoms with van der Waals surface area (Å²) in [6.07, 6.45) is 15.1. The molecule has 22 heterocycles. The number of furan rings is 5. The highest BCUT2D eigenvalue weighted by molar-refractivity contribution is 6.13. The van der Waals surface area contributed by atoms with Gasteiger partial charge >= 0.3 is 0 Å². The van der Waals surface area contributed by atoms with Gasteiger partial charge < -0.3 is 51.5 Å². The minimum Gasteiger partial charge on any atom is -0.436 e. The van der Waals surface area contributed by atoms with Crippen molar-refractivity contribution in [2.75, 3.05) is 69.7 Å². The highest BCUT2D eigenvalue weighted by Gasteiger charge is 2.49. The molecule has 704 valence electrons. The number of hydrogen-bond donors (Lipinski definition) is 0. The Balaban J connectivity index is 0.0000000940. The van der Waals surface area contributed by atoms with E-state index in [0.29, 0.717) is 60.8 Å². The van der Waals surface area contributed by atoms with Gasteiger partial charge in [-0.15, -0.1) is 0 Å². The molecule has 2 aliphatic carbocycles. The van der Waals surface area contributed by atoms with Gasteiger partial charge in [-0.3, -0.25) is 19.6 Å². The van der Waals surface area contributed by atoms with Crippen molar-refractivity contribution in [2.24, 2.45) is 0 Å². The molecule has 0 N–H and O–H groups in total. The Hall–Kier alpha value is -12.9. The van der Waals surface area contributed by atoms with E-state index in [4.69, 9.17) is 22.1 Å². The van der Waals surface area contributed by atoms with Crippen LogP contribution in [0.1, 0.15) is 201 Å². The number of nitrogens with zero attached hydrogens (tertiary/aromatic N) is 15. The quantitative estimate of drug-likeness (QED) is 0.160. The molecule has 10 aromatic heterocycles. The Morgan fingerprint density at radius 3 is 1.08 bits per heavy atom. The van der Waals surface area contributed by atoms with E-state index < -0.39 is 0 Å². The maximum absolute atomic E-state index is 6.41. The van der Waals surface area contributed by atoms with Crippen molar-refractivity contribution >= 4 is 144 Å². The van der Waals surface area contributed by atoms with Crippen molar-refractivity contribution in [2.45, 2.75) is 254 Å². The highest BCUT2D eigenvalue weighted by Crippen LogP contribution is 2.56. The molecule has 12 unspecified atom stereocenters. The molecule has 0 spiro atoms. The summed E-state index contributed by atoms with van der Waals surface area (Å²) in [7, 11) is 4.54. The molecular formula is C118H127N15O5. The van der Waals surface area contributed by atoms with Crippen LogP contribution in [-0.4, -0.2) is 140 Å². The largest absolute Gasteiger partial charge is 0.436 e. The van der Waals surface area contributed by atoms with Gasteiger partial charge in [-0.25, -0.2) is 24.9 Å². The van der Waals surface area contributed by atoms with E-state index in [2.05, 4.69) is 351 Å². The predicted molar refractivity (Wildman–Crippen MR) is 562 cm³/mol. The Morgan fingerprint density at radius 2 is 0.616 bits per heavy atom. The van der Waals surface area contributed by atoms with Gasteiger partial charge in [-0.2, -0.15) is 0 Å². The molecule has 18 aromatic rings. The number of para-hydroxylation sites is 1. The lowest BCUT2D eigenvalue weighted by Gasteiger charge is -2.47. The van der Waals surface area contributed by atoms with Gasteiger partial charge in [0.15, 0.2) is 27.9 Å². The van der Waals surface area contributed by atoms with Crippen LogP contribution in [0.5, 0.6) is 0 Å². The molecule has 10 bridgehead atoms. The molecule has 8 saturated heterocycles.